The van der Waals surface area contributed by atoms with Crippen LogP contribution in [-0.4, -0.2) is 44.6 Å². The molecule has 30 heavy (non-hydrogen) atoms. The third-order valence-electron chi connectivity index (χ3n) is 7.31. The number of carboxylic acid groups (broad SMARTS) is 1. The molecule has 2 aromatic heterocycles. The first kappa shape index (κ1) is 19.5. The molecule has 4 fully saturated rings. The number of carbonyl (C=O) groups is 1. The van der Waals surface area contributed by atoms with Crippen LogP contribution in [0.25, 0.3) is 5.65 Å². The van der Waals surface area contributed by atoms with Crippen molar-refractivity contribution in [3.05, 3.63) is 39.2 Å². The molecular formula is C21H23F2N3O4. The zero-order valence-corrected chi connectivity index (χ0v) is 16.8. The Bertz CT molecular complexity index is 1110. The summed E-state index contributed by atoms with van der Waals surface area (Å²) in [7, 11) is 0. The number of aryl methyl sites for hydroxylation is 1. The van der Waals surface area contributed by atoms with Crippen molar-refractivity contribution < 1.29 is 23.4 Å². The van der Waals surface area contributed by atoms with Gasteiger partial charge in [0.1, 0.15) is 0 Å². The van der Waals surface area contributed by atoms with Crippen LogP contribution in [0.2, 0.25) is 0 Å². The van der Waals surface area contributed by atoms with Crippen molar-refractivity contribution in [2.75, 3.05) is 6.61 Å². The molecule has 3 heterocycles. The van der Waals surface area contributed by atoms with Gasteiger partial charge in [0.25, 0.3) is 5.56 Å². The van der Waals surface area contributed by atoms with Gasteiger partial charge >= 0.3 is 5.97 Å². The van der Waals surface area contributed by atoms with Crippen molar-refractivity contribution >= 4 is 11.6 Å². The number of ether oxygens (including phenoxy) is 1. The molecule has 2 atom stereocenters. The van der Waals surface area contributed by atoms with Gasteiger partial charge in [-0.15, -0.1) is 0 Å². The highest BCUT2D eigenvalue weighted by Gasteiger charge is 2.73. The molecule has 3 aliphatic carbocycles. The summed E-state index contributed by atoms with van der Waals surface area (Å²) in [5.41, 5.74) is 1.14. The van der Waals surface area contributed by atoms with Gasteiger partial charge in [0.2, 0.25) is 6.43 Å². The molecule has 0 spiro atoms. The number of hydrogen-bond donors (Lipinski definition) is 1. The number of halogens is 2. The van der Waals surface area contributed by atoms with E-state index in [0.29, 0.717) is 54.0 Å². The third-order valence-corrected chi connectivity index (χ3v) is 7.31. The van der Waals surface area contributed by atoms with Gasteiger partial charge < -0.3 is 9.84 Å². The second-order valence-electron chi connectivity index (χ2n) is 9.23. The number of nitrogens with zero attached hydrogens (tertiary/aromatic N) is 3. The number of carboxylic acids is 1. The van der Waals surface area contributed by atoms with E-state index in [9.17, 15) is 23.5 Å². The average Bonchev–Trinajstić information content (AvgIpc) is 2.64. The van der Waals surface area contributed by atoms with Gasteiger partial charge in [-0.2, -0.15) is 0 Å². The Hall–Kier alpha value is -2.42. The van der Waals surface area contributed by atoms with Crippen LogP contribution in [0.4, 0.5) is 8.78 Å². The number of hydrogen-bond acceptors (Lipinski definition) is 5. The molecule has 160 valence electrons. The number of aliphatic carboxylic acids is 1. The van der Waals surface area contributed by atoms with Gasteiger partial charge in [-0.05, 0) is 46.0 Å². The summed E-state index contributed by atoms with van der Waals surface area (Å²) in [6, 6.07) is 0. The Labute approximate surface area is 171 Å². The van der Waals surface area contributed by atoms with E-state index in [-0.39, 0.29) is 24.5 Å². The molecule has 0 radical (unpaired) electrons. The highest BCUT2D eigenvalue weighted by atomic mass is 19.3. The van der Waals surface area contributed by atoms with Gasteiger partial charge in [0.15, 0.2) is 11.8 Å². The lowest BCUT2D eigenvalue weighted by Gasteiger charge is -2.69. The monoisotopic (exact) mass is 419 g/mol. The number of rotatable bonds is 4. The Kier molecular flexibility index (Phi) is 4.10. The molecule has 1 saturated heterocycles. The molecule has 7 nitrogen and oxygen atoms in total. The van der Waals surface area contributed by atoms with Crippen LogP contribution >= 0.6 is 0 Å². The zero-order chi connectivity index (χ0) is 21.4. The molecule has 4 aliphatic rings. The van der Waals surface area contributed by atoms with Gasteiger partial charge in [-0.3, -0.25) is 14.2 Å². The molecule has 2 aromatic rings. The maximum atomic E-state index is 13.4. The largest absolute Gasteiger partial charge is 0.479 e. The summed E-state index contributed by atoms with van der Waals surface area (Å²) in [4.78, 5) is 33.8. The minimum absolute atomic E-state index is 0.187. The van der Waals surface area contributed by atoms with Crippen LogP contribution in [0.1, 0.15) is 60.7 Å². The van der Waals surface area contributed by atoms with Crippen LogP contribution in [0.15, 0.2) is 11.0 Å². The van der Waals surface area contributed by atoms with Crippen LogP contribution in [0.3, 0.4) is 0 Å². The number of aromatic nitrogens is 3. The maximum Gasteiger partial charge on any atom is 0.332 e. The Morgan fingerprint density at radius 1 is 1.30 bits per heavy atom. The standard InChI is InChI=1S/C21H23F2N3O4/c1-10-11(2)24-16-15(20-7-21(8-20,9-20)19(22)23)25-13(6-26(16)17(10)27)12-3-4-30-14(5-12)18(28)29/h6,12,14,19H,3-5,7-9H2,1-2H3,(H,28,29). The van der Waals surface area contributed by atoms with E-state index < -0.39 is 29.3 Å². The second kappa shape index (κ2) is 6.29. The predicted molar refractivity (Wildman–Crippen MR) is 102 cm³/mol. The molecule has 2 bridgehead atoms. The van der Waals surface area contributed by atoms with E-state index in [0.717, 1.165) is 0 Å². The van der Waals surface area contributed by atoms with E-state index in [1.165, 1.54) is 4.40 Å². The predicted octanol–water partition coefficient (Wildman–Crippen LogP) is 2.74. The quantitative estimate of drug-likeness (QED) is 0.819. The minimum Gasteiger partial charge on any atom is -0.479 e. The molecular weight excluding hydrogens is 396 g/mol. The summed E-state index contributed by atoms with van der Waals surface area (Å²) in [5.74, 6) is -1.21. The summed E-state index contributed by atoms with van der Waals surface area (Å²) >= 11 is 0. The van der Waals surface area contributed by atoms with E-state index in [2.05, 4.69) is 4.98 Å². The smallest absolute Gasteiger partial charge is 0.332 e. The maximum absolute atomic E-state index is 13.4. The van der Waals surface area contributed by atoms with Gasteiger partial charge in [0, 0.05) is 40.8 Å². The molecule has 2 unspecified atom stereocenters. The van der Waals surface area contributed by atoms with Crippen molar-refractivity contribution in [1.29, 1.82) is 0 Å². The molecule has 1 aliphatic heterocycles. The highest BCUT2D eigenvalue weighted by Crippen LogP contribution is 2.75. The van der Waals surface area contributed by atoms with E-state index >= 15 is 0 Å². The highest BCUT2D eigenvalue weighted by molar-refractivity contribution is 5.72. The van der Waals surface area contributed by atoms with Crippen LogP contribution in [0.5, 0.6) is 0 Å². The summed E-state index contributed by atoms with van der Waals surface area (Å²) in [5, 5.41) is 9.32. The fourth-order valence-corrected chi connectivity index (χ4v) is 5.49. The molecule has 3 saturated carbocycles. The Morgan fingerprint density at radius 3 is 2.63 bits per heavy atom. The summed E-state index contributed by atoms with van der Waals surface area (Å²) in [6.07, 6.45) is 0.242. The van der Waals surface area contributed by atoms with Crippen LogP contribution < -0.4 is 5.56 Å². The number of fused-ring (bicyclic) bond motifs is 1. The van der Waals surface area contributed by atoms with Crippen molar-refractivity contribution in [1.82, 2.24) is 14.4 Å². The Morgan fingerprint density at radius 2 is 2.00 bits per heavy atom. The van der Waals surface area contributed by atoms with Gasteiger partial charge in [-0.25, -0.2) is 18.6 Å². The lowest BCUT2D eigenvalue weighted by Crippen LogP contribution is -2.68. The SMILES string of the molecule is Cc1nc2c(C34CC(C(F)F)(C3)C4)nc(C3CCOC(C(=O)O)C3)cn2c(=O)c1C. The van der Waals surface area contributed by atoms with Gasteiger partial charge in [-0.1, -0.05) is 0 Å². The van der Waals surface area contributed by atoms with Crippen molar-refractivity contribution in [3.8, 4) is 0 Å². The van der Waals surface area contributed by atoms with E-state index in [4.69, 9.17) is 9.72 Å². The van der Waals surface area contributed by atoms with E-state index in [1.807, 2.05) is 0 Å². The van der Waals surface area contributed by atoms with Crippen LogP contribution in [0, 0.1) is 19.3 Å². The summed E-state index contributed by atoms with van der Waals surface area (Å²) < 4.78 is 33.6. The zero-order valence-electron chi connectivity index (χ0n) is 16.8. The average molecular weight is 419 g/mol. The molecule has 0 aromatic carbocycles. The lowest BCUT2D eigenvalue weighted by atomic mass is 9.34. The first-order valence-corrected chi connectivity index (χ1v) is 10.2. The van der Waals surface area contributed by atoms with Gasteiger partial charge in [0.05, 0.1) is 11.4 Å². The normalized spacial score (nSPS) is 32.7. The van der Waals surface area contributed by atoms with Crippen molar-refractivity contribution in [3.63, 3.8) is 0 Å². The third kappa shape index (κ3) is 2.57. The first-order chi connectivity index (χ1) is 14.2. The van der Waals surface area contributed by atoms with Crippen molar-refractivity contribution in [2.24, 2.45) is 5.41 Å². The lowest BCUT2D eigenvalue weighted by molar-refractivity contribution is -0.222. The van der Waals surface area contributed by atoms with Crippen LogP contribution in [-0.2, 0) is 14.9 Å². The fraction of sp³-hybridized carbons (Fsp3) is 0.619. The number of alkyl halides is 2. The minimum atomic E-state index is -2.36. The molecule has 1 N–H and O–H groups in total. The van der Waals surface area contributed by atoms with E-state index in [1.54, 1.807) is 20.0 Å². The molecule has 6 rings (SSSR count). The second-order valence-corrected chi connectivity index (χ2v) is 9.23. The Balaban J connectivity index is 1.64. The summed E-state index contributed by atoms with van der Waals surface area (Å²) in [6.45, 7) is 3.75. The van der Waals surface area contributed by atoms with Crippen molar-refractivity contribution in [2.45, 2.75) is 69.8 Å². The fourth-order valence-electron chi connectivity index (χ4n) is 5.49. The molecule has 9 heteroatoms. The molecule has 0 amide bonds. The topological polar surface area (TPSA) is 93.8 Å². The first-order valence-electron chi connectivity index (χ1n) is 10.2.